The Morgan fingerprint density at radius 3 is 2.48 bits per heavy atom. The normalized spacial score (nSPS) is 40.8. The third kappa shape index (κ3) is 4.43. The lowest BCUT2D eigenvalue weighted by atomic mass is 9.78. The zero-order chi connectivity index (χ0) is 15.4. The maximum absolute atomic E-state index is 12.1. The van der Waals surface area contributed by atoms with Crippen molar-refractivity contribution in [2.45, 2.75) is 71.0 Å². The first-order valence-electron chi connectivity index (χ1n) is 8.54. The highest BCUT2D eigenvalue weighted by molar-refractivity contribution is 5.72. The second kappa shape index (κ2) is 7.59. The quantitative estimate of drug-likeness (QED) is 0.783. The lowest BCUT2D eigenvalue weighted by Gasteiger charge is -2.33. The highest BCUT2D eigenvalue weighted by Gasteiger charge is 2.33. The SMILES string of the molecule is CCC1CCC(C(=O)OCC2CCC(O)C(C)C2)CC1O. The molecule has 0 aromatic heterocycles. The number of rotatable bonds is 4. The number of esters is 1. The Kier molecular flexibility index (Phi) is 6.06. The molecule has 0 aliphatic heterocycles. The van der Waals surface area contributed by atoms with E-state index in [1.54, 1.807) is 0 Å². The number of ether oxygens (including phenoxy) is 1. The Hall–Kier alpha value is -0.610. The summed E-state index contributed by atoms with van der Waals surface area (Å²) in [5, 5.41) is 19.8. The van der Waals surface area contributed by atoms with Crippen LogP contribution in [-0.2, 0) is 9.53 Å². The van der Waals surface area contributed by atoms with Crippen LogP contribution in [0, 0.1) is 23.7 Å². The molecule has 4 heteroatoms. The van der Waals surface area contributed by atoms with Crippen molar-refractivity contribution in [2.75, 3.05) is 6.61 Å². The van der Waals surface area contributed by atoms with Crippen LogP contribution in [-0.4, -0.2) is 35.0 Å². The van der Waals surface area contributed by atoms with Gasteiger partial charge < -0.3 is 14.9 Å². The largest absolute Gasteiger partial charge is 0.465 e. The first-order valence-corrected chi connectivity index (χ1v) is 8.54. The molecule has 2 fully saturated rings. The zero-order valence-electron chi connectivity index (χ0n) is 13.3. The Labute approximate surface area is 127 Å². The van der Waals surface area contributed by atoms with Crippen LogP contribution in [0.5, 0.6) is 0 Å². The van der Waals surface area contributed by atoms with Crippen molar-refractivity contribution in [1.82, 2.24) is 0 Å². The number of hydrogen-bond donors (Lipinski definition) is 2. The van der Waals surface area contributed by atoms with E-state index >= 15 is 0 Å². The Morgan fingerprint density at radius 2 is 1.86 bits per heavy atom. The zero-order valence-corrected chi connectivity index (χ0v) is 13.3. The molecule has 2 aliphatic carbocycles. The topological polar surface area (TPSA) is 66.8 Å². The van der Waals surface area contributed by atoms with E-state index in [2.05, 4.69) is 13.8 Å². The van der Waals surface area contributed by atoms with Crippen molar-refractivity contribution in [2.24, 2.45) is 23.7 Å². The molecule has 0 aromatic rings. The molecule has 21 heavy (non-hydrogen) atoms. The minimum absolute atomic E-state index is 0.130. The van der Waals surface area contributed by atoms with Crippen LogP contribution in [0.25, 0.3) is 0 Å². The van der Waals surface area contributed by atoms with Crippen LogP contribution in [0.3, 0.4) is 0 Å². The van der Waals surface area contributed by atoms with Gasteiger partial charge in [-0.25, -0.2) is 0 Å². The van der Waals surface area contributed by atoms with Crippen LogP contribution >= 0.6 is 0 Å². The maximum Gasteiger partial charge on any atom is 0.309 e. The number of aliphatic hydroxyl groups is 2. The summed E-state index contributed by atoms with van der Waals surface area (Å²) in [5.74, 6) is 0.750. The molecule has 2 aliphatic rings. The molecule has 0 bridgehead atoms. The van der Waals surface area contributed by atoms with Gasteiger partial charge in [0.05, 0.1) is 24.7 Å². The molecule has 0 spiro atoms. The highest BCUT2D eigenvalue weighted by atomic mass is 16.5. The molecule has 0 amide bonds. The molecule has 0 saturated heterocycles. The highest BCUT2D eigenvalue weighted by Crippen LogP contribution is 2.33. The van der Waals surface area contributed by atoms with E-state index in [4.69, 9.17) is 4.74 Å². The van der Waals surface area contributed by atoms with Crippen LogP contribution in [0.1, 0.15) is 58.8 Å². The van der Waals surface area contributed by atoms with Gasteiger partial charge in [0, 0.05) is 0 Å². The van der Waals surface area contributed by atoms with E-state index in [1.807, 2.05) is 0 Å². The monoisotopic (exact) mass is 298 g/mol. The van der Waals surface area contributed by atoms with Crippen LogP contribution in [0.4, 0.5) is 0 Å². The first-order chi connectivity index (χ1) is 10.0. The lowest BCUT2D eigenvalue weighted by Crippen LogP contribution is -2.35. The minimum atomic E-state index is -0.355. The molecule has 6 unspecified atom stereocenters. The second-order valence-corrected chi connectivity index (χ2v) is 7.10. The van der Waals surface area contributed by atoms with Gasteiger partial charge in [-0.3, -0.25) is 4.79 Å². The summed E-state index contributed by atoms with van der Waals surface area (Å²) in [4.78, 5) is 12.1. The summed E-state index contributed by atoms with van der Waals surface area (Å²) in [6.45, 7) is 4.62. The molecular formula is C17H30O4. The summed E-state index contributed by atoms with van der Waals surface area (Å²) in [6.07, 6.45) is 5.41. The first kappa shape index (κ1) is 16.8. The predicted octanol–water partition coefficient (Wildman–Crippen LogP) is 2.51. The molecular weight excluding hydrogens is 268 g/mol. The summed E-state index contributed by atoms with van der Waals surface area (Å²) < 4.78 is 5.49. The van der Waals surface area contributed by atoms with E-state index in [-0.39, 0.29) is 24.1 Å². The molecule has 6 atom stereocenters. The maximum atomic E-state index is 12.1. The van der Waals surface area contributed by atoms with E-state index in [0.717, 1.165) is 38.5 Å². The fourth-order valence-electron chi connectivity index (χ4n) is 3.86. The standard InChI is InChI=1S/C17H30O4/c1-3-13-5-6-14(9-16(13)19)17(20)21-10-12-4-7-15(18)11(2)8-12/h11-16,18-19H,3-10H2,1-2H3. The summed E-state index contributed by atoms with van der Waals surface area (Å²) in [5.41, 5.74) is 0. The van der Waals surface area contributed by atoms with Gasteiger partial charge >= 0.3 is 5.97 Å². The molecule has 2 saturated carbocycles. The number of aliphatic hydroxyl groups excluding tert-OH is 2. The van der Waals surface area contributed by atoms with Gasteiger partial charge in [-0.1, -0.05) is 20.3 Å². The molecule has 2 N–H and O–H groups in total. The molecule has 0 radical (unpaired) electrons. The summed E-state index contributed by atoms with van der Waals surface area (Å²) in [7, 11) is 0. The fraction of sp³-hybridized carbons (Fsp3) is 0.941. The van der Waals surface area contributed by atoms with Gasteiger partial charge in [0.15, 0.2) is 0 Å². The van der Waals surface area contributed by atoms with E-state index in [1.165, 1.54) is 0 Å². The van der Waals surface area contributed by atoms with Crippen molar-refractivity contribution in [3.05, 3.63) is 0 Å². The fourth-order valence-corrected chi connectivity index (χ4v) is 3.86. The van der Waals surface area contributed by atoms with Gasteiger partial charge in [0.2, 0.25) is 0 Å². The number of hydrogen-bond acceptors (Lipinski definition) is 4. The lowest BCUT2D eigenvalue weighted by molar-refractivity contribution is -0.154. The minimum Gasteiger partial charge on any atom is -0.465 e. The molecule has 2 rings (SSSR count). The van der Waals surface area contributed by atoms with Gasteiger partial charge in [0.1, 0.15) is 0 Å². The van der Waals surface area contributed by atoms with Gasteiger partial charge in [-0.05, 0) is 56.3 Å². The Morgan fingerprint density at radius 1 is 1.10 bits per heavy atom. The average molecular weight is 298 g/mol. The van der Waals surface area contributed by atoms with Crippen molar-refractivity contribution in [1.29, 1.82) is 0 Å². The second-order valence-electron chi connectivity index (χ2n) is 7.10. The van der Waals surface area contributed by atoms with Crippen molar-refractivity contribution in [3.63, 3.8) is 0 Å². The van der Waals surface area contributed by atoms with Crippen molar-refractivity contribution >= 4 is 5.97 Å². The number of carbonyl (C=O) groups excluding carboxylic acids is 1. The molecule has 122 valence electrons. The Balaban J connectivity index is 1.73. The molecule has 0 heterocycles. The average Bonchev–Trinajstić information content (AvgIpc) is 2.48. The van der Waals surface area contributed by atoms with E-state index in [9.17, 15) is 15.0 Å². The van der Waals surface area contributed by atoms with Gasteiger partial charge in [0.25, 0.3) is 0 Å². The van der Waals surface area contributed by atoms with Crippen LogP contribution < -0.4 is 0 Å². The predicted molar refractivity (Wildman–Crippen MR) is 80.6 cm³/mol. The van der Waals surface area contributed by atoms with Crippen LogP contribution in [0.2, 0.25) is 0 Å². The third-order valence-electron chi connectivity index (χ3n) is 5.51. The number of carbonyl (C=O) groups is 1. The van der Waals surface area contributed by atoms with Crippen molar-refractivity contribution < 1.29 is 19.7 Å². The Bertz CT molecular complexity index is 344. The van der Waals surface area contributed by atoms with E-state index < -0.39 is 0 Å². The third-order valence-corrected chi connectivity index (χ3v) is 5.51. The summed E-state index contributed by atoms with van der Waals surface area (Å²) >= 11 is 0. The van der Waals surface area contributed by atoms with E-state index in [0.29, 0.717) is 30.8 Å². The smallest absolute Gasteiger partial charge is 0.309 e. The van der Waals surface area contributed by atoms with Gasteiger partial charge in [-0.15, -0.1) is 0 Å². The van der Waals surface area contributed by atoms with Crippen molar-refractivity contribution in [3.8, 4) is 0 Å². The summed E-state index contributed by atoms with van der Waals surface area (Å²) in [6, 6.07) is 0. The van der Waals surface area contributed by atoms with Crippen LogP contribution in [0.15, 0.2) is 0 Å². The van der Waals surface area contributed by atoms with Gasteiger partial charge in [-0.2, -0.15) is 0 Å². The molecule has 0 aromatic carbocycles. The molecule has 4 nitrogen and oxygen atoms in total.